The molecule has 1 saturated carbocycles. The molecule has 1 heterocycles. The average molecular weight is 303 g/mol. The van der Waals surface area contributed by atoms with Gasteiger partial charge in [0.05, 0.1) is 23.7 Å². The summed E-state index contributed by atoms with van der Waals surface area (Å²) in [6, 6.07) is 8.67. The van der Waals surface area contributed by atoms with Crippen LogP contribution in [-0.2, 0) is 5.75 Å². The van der Waals surface area contributed by atoms with E-state index in [1.807, 2.05) is 19.9 Å². The number of hydrogen-bond donors (Lipinski definition) is 0. The van der Waals surface area contributed by atoms with Crippen LogP contribution in [0.5, 0.6) is 0 Å². The maximum Gasteiger partial charge on any atom is 0.231 e. The predicted molar refractivity (Wildman–Crippen MR) is 75.9 cm³/mol. The molecule has 0 N–H and O–H groups in total. The van der Waals surface area contributed by atoms with Gasteiger partial charge in [-0.05, 0) is 23.6 Å². The molecule has 6 heteroatoms. The number of aromatic nitrogens is 2. The molecule has 0 radical (unpaired) electrons. The predicted octanol–water partition coefficient (Wildman–Crippen LogP) is 3.76. The van der Waals surface area contributed by atoms with Gasteiger partial charge in [0, 0.05) is 4.90 Å². The quantitative estimate of drug-likeness (QED) is 0.805. The van der Waals surface area contributed by atoms with Crippen LogP contribution in [0.1, 0.15) is 31.5 Å². The highest BCUT2D eigenvalue weighted by Crippen LogP contribution is 2.63. The normalized spacial score (nSPS) is 22.8. The van der Waals surface area contributed by atoms with Crippen LogP contribution in [0.3, 0.4) is 0 Å². The minimum absolute atomic E-state index is 0.0166. The molecule has 108 valence electrons. The maximum absolute atomic E-state index is 13.1. The van der Waals surface area contributed by atoms with Gasteiger partial charge in [-0.1, -0.05) is 25.1 Å². The second kappa shape index (κ2) is 5.15. The molecule has 0 spiro atoms. The first-order valence-electron chi connectivity index (χ1n) is 6.63. The molecule has 0 saturated heterocycles. The highest BCUT2D eigenvalue weighted by atomic mass is 32.2. The third kappa shape index (κ3) is 2.66. The fourth-order valence-electron chi connectivity index (χ4n) is 2.50. The van der Waals surface area contributed by atoms with Gasteiger partial charge in [-0.15, -0.1) is 11.8 Å². The van der Waals surface area contributed by atoms with Crippen molar-refractivity contribution in [3.05, 3.63) is 41.8 Å². The summed E-state index contributed by atoms with van der Waals surface area (Å²) in [6.07, 6.45) is 0. The number of rotatable bonds is 4. The third-order valence-corrected chi connectivity index (χ3v) is 4.87. The van der Waals surface area contributed by atoms with E-state index in [4.69, 9.17) is 9.78 Å². The van der Waals surface area contributed by atoms with Crippen molar-refractivity contribution in [2.75, 3.05) is 0 Å². The zero-order valence-electron chi connectivity index (χ0n) is 11.7. The molecule has 2 unspecified atom stereocenters. The fraction of sp³-hybridized carbons (Fsp3) is 0.400. The van der Waals surface area contributed by atoms with Crippen LogP contribution in [0.4, 0.5) is 4.39 Å². The van der Waals surface area contributed by atoms with Crippen molar-refractivity contribution in [3.63, 3.8) is 0 Å². The van der Waals surface area contributed by atoms with Gasteiger partial charge >= 0.3 is 0 Å². The van der Waals surface area contributed by atoms with E-state index in [9.17, 15) is 4.39 Å². The van der Waals surface area contributed by atoms with Gasteiger partial charge in [0.25, 0.3) is 0 Å². The summed E-state index contributed by atoms with van der Waals surface area (Å²) < 4.78 is 18.4. The minimum atomic E-state index is -0.259. The van der Waals surface area contributed by atoms with Gasteiger partial charge in [-0.3, -0.25) is 0 Å². The van der Waals surface area contributed by atoms with Crippen molar-refractivity contribution in [3.8, 4) is 6.07 Å². The number of nitriles is 1. The summed E-state index contributed by atoms with van der Waals surface area (Å²) in [5.41, 5.74) is -0.103. The van der Waals surface area contributed by atoms with Gasteiger partial charge in [0.15, 0.2) is 5.82 Å². The molecule has 1 aromatic heterocycles. The van der Waals surface area contributed by atoms with E-state index in [0.29, 0.717) is 17.5 Å². The third-order valence-electron chi connectivity index (χ3n) is 3.88. The Morgan fingerprint density at radius 1 is 1.48 bits per heavy atom. The zero-order valence-corrected chi connectivity index (χ0v) is 12.5. The Morgan fingerprint density at radius 2 is 2.29 bits per heavy atom. The van der Waals surface area contributed by atoms with Crippen molar-refractivity contribution in [1.29, 1.82) is 5.26 Å². The van der Waals surface area contributed by atoms with E-state index in [1.165, 1.54) is 23.9 Å². The minimum Gasteiger partial charge on any atom is -0.339 e. The molecule has 0 amide bonds. The smallest absolute Gasteiger partial charge is 0.231 e. The lowest BCUT2D eigenvalue weighted by atomic mass is 10.1. The van der Waals surface area contributed by atoms with Crippen LogP contribution in [0.15, 0.2) is 33.7 Å². The Kier molecular flexibility index (Phi) is 3.46. The average Bonchev–Trinajstić information content (AvgIpc) is 2.81. The number of nitrogens with zero attached hydrogens (tertiary/aromatic N) is 3. The van der Waals surface area contributed by atoms with Crippen LogP contribution >= 0.6 is 11.8 Å². The number of hydrogen-bond acceptors (Lipinski definition) is 5. The standard InChI is InChI=1S/C15H14FN3OS/c1-15(2)11(7-17)13(15)14-18-12(19-20-14)8-21-10-5-3-4-9(16)6-10/h3-6,11,13H,8H2,1-2H3. The Hall–Kier alpha value is -1.87. The maximum atomic E-state index is 13.1. The lowest BCUT2D eigenvalue weighted by Crippen LogP contribution is -1.91. The fourth-order valence-corrected chi connectivity index (χ4v) is 3.28. The van der Waals surface area contributed by atoms with E-state index < -0.39 is 0 Å². The van der Waals surface area contributed by atoms with Crippen molar-refractivity contribution in [2.24, 2.45) is 11.3 Å². The van der Waals surface area contributed by atoms with E-state index >= 15 is 0 Å². The SMILES string of the molecule is CC1(C)C(C#N)C1c1nc(CSc2cccc(F)c2)no1. The molecule has 2 aromatic rings. The Labute approximate surface area is 126 Å². The van der Waals surface area contributed by atoms with Crippen LogP contribution < -0.4 is 0 Å². The first kappa shape index (κ1) is 14.1. The van der Waals surface area contributed by atoms with E-state index in [2.05, 4.69) is 16.2 Å². The van der Waals surface area contributed by atoms with Crippen molar-refractivity contribution in [2.45, 2.75) is 30.4 Å². The van der Waals surface area contributed by atoms with Gasteiger partial charge in [-0.2, -0.15) is 10.2 Å². The summed E-state index contributed by atoms with van der Waals surface area (Å²) in [5.74, 6) is 1.30. The summed E-state index contributed by atoms with van der Waals surface area (Å²) in [4.78, 5) is 5.18. The van der Waals surface area contributed by atoms with Gasteiger partial charge in [-0.25, -0.2) is 4.39 Å². The number of thioether (sulfide) groups is 1. The van der Waals surface area contributed by atoms with Gasteiger partial charge in [0.2, 0.25) is 5.89 Å². The summed E-state index contributed by atoms with van der Waals surface area (Å²) in [7, 11) is 0. The molecule has 1 aromatic carbocycles. The molecular formula is C15H14FN3OS. The highest BCUT2D eigenvalue weighted by Gasteiger charge is 2.62. The monoisotopic (exact) mass is 303 g/mol. The lowest BCUT2D eigenvalue weighted by molar-refractivity contribution is 0.364. The summed E-state index contributed by atoms with van der Waals surface area (Å²) >= 11 is 1.45. The van der Waals surface area contributed by atoms with Crippen LogP contribution in [0.2, 0.25) is 0 Å². The van der Waals surface area contributed by atoms with Crippen molar-refractivity contribution in [1.82, 2.24) is 10.1 Å². The Morgan fingerprint density at radius 3 is 2.95 bits per heavy atom. The Balaban J connectivity index is 1.66. The zero-order chi connectivity index (χ0) is 15.0. The molecular weight excluding hydrogens is 289 g/mol. The molecule has 1 aliphatic rings. The molecule has 21 heavy (non-hydrogen) atoms. The van der Waals surface area contributed by atoms with Crippen LogP contribution in [0.25, 0.3) is 0 Å². The second-order valence-electron chi connectivity index (χ2n) is 5.70. The first-order chi connectivity index (χ1) is 10.0. The van der Waals surface area contributed by atoms with Crippen molar-refractivity contribution >= 4 is 11.8 Å². The molecule has 1 fully saturated rings. The van der Waals surface area contributed by atoms with Crippen LogP contribution in [0, 0.1) is 28.5 Å². The number of halogens is 1. The molecule has 0 bridgehead atoms. The van der Waals surface area contributed by atoms with Crippen molar-refractivity contribution < 1.29 is 8.91 Å². The molecule has 4 nitrogen and oxygen atoms in total. The largest absolute Gasteiger partial charge is 0.339 e. The van der Waals surface area contributed by atoms with E-state index in [-0.39, 0.29) is 23.1 Å². The van der Waals surface area contributed by atoms with E-state index in [1.54, 1.807) is 6.07 Å². The van der Waals surface area contributed by atoms with Gasteiger partial charge in [0.1, 0.15) is 5.82 Å². The van der Waals surface area contributed by atoms with E-state index in [0.717, 1.165) is 4.90 Å². The summed E-state index contributed by atoms with van der Waals surface area (Å²) in [6.45, 7) is 4.05. The molecule has 3 rings (SSSR count). The Bertz CT molecular complexity index is 707. The van der Waals surface area contributed by atoms with Crippen LogP contribution in [-0.4, -0.2) is 10.1 Å². The highest BCUT2D eigenvalue weighted by molar-refractivity contribution is 7.98. The summed E-state index contributed by atoms with van der Waals surface area (Å²) in [5, 5.41) is 13.0. The molecule has 1 aliphatic carbocycles. The molecule has 0 aliphatic heterocycles. The topological polar surface area (TPSA) is 62.7 Å². The molecule has 2 atom stereocenters. The lowest BCUT2D eigenvalue weighted by Gasteiger charge is -1.97. The number of benzene rings is 1. The second-order valence-corrected chi connectivity index (χ2v) is 6.75. The van der Waals surface area contributed by atoms with Gasteiger partial charge < -0.3 is 4.52 Å². The first-order valence-corrected chi connectivity index (χ1v) is 7.61.